The average Bonchev–Trinajstić information content (AvgIpc) is 2.24. The van der Waals surface area contributed by atoms with Crippen molar-refractivity contribution in [2.24, 2.45) is 27.8 Å². The first-order valence-electron chi connectivity index (χ1n) is 4.97. The van der Waals surface area contributed by atoms with Crippen LogP contribution in [0, 0.1) is 5.41 Å². The minimum absolute atomic E-state index is 0.355. The van der Waals surface area contributed by atoms with Crippen LogP contribution in [0.5, 0.6) is 0 Å². The Morgan fingerprint density at radius 1 is 1.11 bits per heavy atom. The van der Waals surface area contributed by atoms with Gasteiger partial charge < -0.3 is 27.3 Å². The van der Waals surface area contributed by atoms with Gasteiger partial charge in [0, 0.05) is 0 Å². The zero-order valence-corrected chi connectivity index (χ0v) is 10.2. The van der Waals surface area contributed by atoms with E-state index in [9.17, 15) is 14.4 Å². The van der Waals surface area contributed by atoms with Gasteiger partial charge in [-0.2, -0.15) is 0 Å². The van der Waals surface area contributed by atoms with Crippen LogP contribution in [0.1, 0.15) is 13.8 Å². The summed E-state index contributed by atoms with van der Waals surface area (Å²) in [6.45, 7) is 1.78. The lowest BCUT2D eigenvalue weighted by Gasteiger charge is -2.29. The van der Waals surface area contributed by atoms with E-state index in [0.717, 1.165) is 4.90 Å². The van der Waals surface area contributed by atoms with Crippen LogP contribution in [0.4, 0.5) is 0 Å². The SMILES string of the molecule is CC(C)(C(=O)N(CC(N)=O)CC(N)=O)C(N)=NO. The number of carbonyl (C=O) groups is 3. The Kier molecular flexibility index (Phi) is 5.09. The molecule has 0 aromatic carbocycles. The minimum atomic E-state index is -1.39. The second-order valence-corrected chi connectivity index (χ2v) is 4.20. The molecule has 0 radical (unpaired) electrons. The summed E-state index contributed by atoms with van der Waals surface area (Å²) in [5.41, 5.74) is 13.9. The van der Waals surface area contributed by atoms with Crippen LogP contribution in [-0.2, 0) is 14.4 Å². The fourth-order valence-electron chi connectivity index (χ4n) is 1.21. The lowest BCUT2D eigenvalue weighted by atomic mass is 9.90. The molecule has 0 bridgehead atoms. The highest BCUT2D eigenvalue weighted by molar-refractivity contribution is 6.07. The molecule has 0 aliphatic rings. The molecule has 9 nitrogen and oxygen atoms in total. The van der Waals surface area contributed by atoms with Gasteiger partial charge in [0.25, 0.3) is 0 Å². The molecular weight excluding hydrogens is 242 g/mol. The molecule has 18 heavy (non-hydrogen) atoms. The average molecular weight is 259 g/mol. The summed E-state index contributed by atoms with van der Waals surface area (Å²) in [6, 6.07) is 0. The number of nitrogens with zero attached hydrogens (tertiary/aromatic N) is 2. The number of hydrogen-bond donors (Lipinski definition) is 4. The molecule has 9 heteroatoms. The summed E-state index contributed by atoms with van der Waals surface area (Å²) >= 11 is 0. The fourth-order valence-corrected chi connectivity index (χ4v) is 1.21. The van der Waals surface area contributed by atoms with Crippen molar-refractivity contribution < 1.29 is 19.6 Å². The molecule has 0 unspecified atom stereocenters. The summed E-state index contributed by atoms with van der Waals surface area (Å²) in [5, 5.41) is 11.3. The van der Waals surface area contributed by atoms with Gasteiger partial charge in [0.1, 0.15) is 5.41 Å². The lowest BCUT2D eigenvalue weighted by Crippen LogP contribution is -2.52. The maximum Gasteiger partial charge on any atom is 0.237 e. The predicted molar refractivity (Wildman–Crippen MR) is 62.2 cm³/mol. The van der Waals surface area contributed by atoms with E-state index < -0.39 is 36.2 Å². The van der Waals surface area contributed by atoms with Crippen molar-refractivity contribution in [3.05, 3.63) is 0 Å². The molecular formula is C9H17N5O4. The van der Waals surface area contributed by atoms with E-state index in [-0.39, 0.29) is 5.84 Å². The second-order valence-electron chi connectivity index (χ2n) is 4.20. The van der Waals surface area contributed by atoms with E-state index in [1.165, 1.54) is 13.8 Å². The van der Waals surface area contributed by atoms with E-state index in [2.05, 4.69) is 5.16 Å². The maximum atomic E-state index is 12.1. The number of primary amides is 2. The highest BCUT2D eigenvalue weighted by Gasteiger charge is 2.37. The first-order valence-corrected chi connectivity index (χ1v) is 4.97. The quantitative estimate of drug-likeness (QED) is 0.180. The van der Waals surface area contributed by atoms with Crippen LogP contribution in [0.2, 0.25) is 0 Å². The Hall–Kier alpha value is -2.32. The first-order chi connectivity index (χ1) is 8.12. The number of amides is 3. The van der Waals surface area contributed by atoms with Crippen molar-refractivity contribution in [2.45, 2.75) is 13.8 Å². The van der Waals surface area contributed by atoms with Crippen molar-refractivity contribution in [2.75, 3.05) is 13.1 Å². The third-order valence-electron chi connectivity index (χ3n) is 2.26. The Morgan fingerprint density at radius 2 is 1.50 bits per heavy atom. The molecule has 0 saturated heterocycles. The van der Waals surface area contributed by atoms with E-state index in [1.54, 1.807) is 0 Å². The highest BCUT2D eigenvalue weighted by atomic mass is 16.4. The lowest BCUT2D eigenvalue weighted by molar-refractivity contribution is -0.142. The zero-order chi connectivity index (χ0) is 14.5. The molecule has 0 rings (SSSR count). The van der Waals surface area contributed by atoms with Crippen molar-refractivity contribution in [3.8, 4) is 0 Å². The van der Waals surface area contributed by atoms with Crippen molar-refractivity contribution in [1.29, 1.82) is 0 Å². The molecule has 3 amide bonds. The van der Waals surface area contributed by atoms with Gasteiger partial charge in [0.15, 0.2) is 5.84 Å². The molecule has 0 heterocycles. The van der Waals surface area contributed by atoms with Gasteiger partial charge >= 0.3 is 0 Å². The number of nitrogens with two attached hydrogens (primary N) is 3. The largest absolute Gasteiger partial charge is 0.409 e. The van der Waals surface area contributed by atoms with Gasteiger partial charge in [-0.25, -0.2) is 0 Å². The normalized spacial score (nSPS) is 12.0. The van der Waals surface area contributed by atoms with Crippen LogP contribution >= 0.6 is 0 Å². The fraction of sp³-hybridized carbons (Fsp3) is 0.556. The summed E-state index contributed by atoms with van der Waals surface area (Å²) in [7, 11) is 0. The summed E-state index contributed by atoms with van der Waals surface area (Å²) in [5.74, 6) is -2.67. The van der Waals surface area contributed by atoms with E-state index in [0.29, 0.717) is 0 Å². The van der Waals surface area contributed by atoms with Crippen LogP contribution in [0.3, 0.4) is 0 Å². The number of rotatable bonds is 6. The van der Waals surface area contributed by atoms with Crippen molar-refractivity contribution in [1.82, 2.24) is 4.90 Å². The van der Waals surface area contributed by atoms with Gasteiger partial charge in [-0.1, -0.05) is 5.16 Å². The Bertz CT molecular complexity index is 374. The predicted octanol–water partition coefficient (Wildman–Crippen LogP) is -2.44. The van der Waals surface area contributed by atoms with E-state index >= 15 is 0 Å². The Balaban J connectivity index is 5.17. The number of carbonyl (C=O) groups excluding carboxylic acids is 3. The summed E-state index contributed by atoms with van der Waals surface area (Å²) in [4.78, 5) is 34.6. The molecule has 0 saturated carbocycles. The van der Waals surface area contributed by atoms with Crippen molar-refractivity contribution in [3.63, 3.8) is 0 Å². The number of amidine groups is 1. The Morgan fingerprint density at radius 3 is 1.78 bits per heavy atom. The van der Waals surface area contributed by atoms with E-state index in [4.69, 9.17) is 22.4 Å². The van der Waals surface area contributed by atoms with Gasteiger partial charge in [-0.15, -0.1) is 0 Å². The molecule has 0 spiro atoms. The summed E-state index contributed by atoms with van der Waals surface area (Å²) < 4.78 is 0. The Labute approximate surface area is 104 Å². The van der Waals surface area contributed by atoms with Gasteiger partial charge in [0.2, 0.25) is 17.7 Å². The monoisotopic (exact) mass is 259 g/mol. The minimum Gasteiger partial charge on any atom is -0.409 e. The van der Waals surface area contributed by atoms with Crippen LogP contribution < -0.4 is 17.2 Å². The first kappa shape index (κ1) is 15.7. The number of hydrogen-bond acceptors (Lipinski definition) is 5. The molecule has 7 N–H and O–H groups in total. The van der Waals surface area contributed by atoms with Crippen LogP contribution in [0.25, 0.3) is 0 Å². The van der Waals surface area contributed by atoms with Crippen LogP contribution in [0.15, 0.2) is 5.16 Å². The second kappa shape index (κ2) is 5.84. The maximum absolute atomic E-state index is 12.1. The van der Waals surface area contributed by atoms with Gasteiger partial charge in [-0.05, 0) is 13.8 Å². The van der Waals surface area contributed by atoms with Crippen LogP contribution in [-0.4, -0.2) is 46.8 Å². The molecule has 0 aromatic rings. The highest BCUT2D eigenvalue weighted by Crippen LogP contribution is 2.19. The molecule has 102 valence electrons. The number of oxime groups is 1. The molecule has 0 aromatic heterocycles. The third-order valence-corrected chi connectivity index (χ3v) is 2.26. The van der Waals surface area contributed by atoms with Gasteiger partial charge in [0.05, 0.1) is 13.1 Å². The van der Waals surface area contributed by atoms with E-state index in [1.807, 2.05) is 0 Å². The molecule has 0 atom stereocenters. The standard InChI is InChI=1S/C9H17N5O4/c1-9(2,7(12)13-18)8(17)14(3-5(10)15)4-6(11)16/h18H,3-4H2,1-2H3,(H2,10,15)(H2,11,16)(H2,12,13). The molecule has 0 aliphatic carbocycles. The zero-order valence-electron chi connectivity index (χ0n) is 10.2. The summed E-state index contributed by atoms with van der Waals surface area (Å²) in [6.07, 6.45) is 0. The third kappa shape index (κ3) is 3.92. The topological polar surface area (TPSA) is 165 Å². The smallest absolute Gasteiger partial charge is 0.237 e. The molecule has 0 fully saturated rings. The molecule has 0 aliphatic heterocycles. The van der Waals surface area contributed by atoms with Crippen molar-refractivity contribution >= 4 is 23.6 Å². The van der Waals surface area contributed by atoms with Gasteiger partial charge in [-0.3, -0.25) is 14.4 Å².